The monoisotopic (exact) mass is 278 g/mol. The molecule has 0 fully saturated rings. The van der Waals surface area contributed by atoms with Gasteiger partial charge in [-0.25, -0.2) is 0 Å². The molecule has 20 heavy (non-hydrogen) atoms. The van der Waals surface area contributed by atoms with Crippen molar-refractivity contribution >= 4 is 0 Å². The highest BCUT2D eigenvalue weighted by molar-refractivity contribution is 5.02. The Morgan fingerprint density at radius 3 is 1.85 bits per heavy atom. The van der Waals surface area contributed by atoms with Gasteiger partial charge in [-0.3, -0.25) is 0 Å². The normalized spacial score (nSPS) is 13.1. The van der Waals surface area contributed by atoms with E-state index < -0.39 is 0 Å². The van der Waals surface area contributed by atoms with E-state index in [0.717, 1.165) is 5.92 Å². The topological polar surface area (TPSA) is 0 Å². The molecular weight excluding hydrogens is 240 g/mol. The Morgan fingerprint density at radius 1 is 0.800 bits per heavy atom. The van der Waals surface area contributed by atoms with Crippen molar-refractivity contribution in [1.29, 1.82) is 0 Å². The molecule has 0 aliphatic rings. The van der Waals surface area contributed by atoms with Crippen molar-refractivity contribution in [3.63, 3.8) is 0 Å². The third kappa shape index (κ3) is 11.3. The van der Waals surface area contributed by atoms with Crippen LogP contribution < -0.4 is 0 Å². The van der Waals surface area contributed by atoms with E-state index in [1.807, 2.05) is 0 Å². The van der Waals surface area contributed by atoms with Crippen LogP contribution in [0.2, 0.25) is 0 Å². The Kier molecular flexibility index (Phi) is 11.9. The van der Waals surface area contributed by atoms with Crippen LogP contribution in [0.3, 0.4) is 0 Å². The van der Waals surface area contributed by atoms with E-state index in [0.29, 0.717) is 5.41 Å². The molecule has 0 amide bonds. The summed E-state index contributed by atoms with van der Waals surface area (Å²) in [5.41, 5.74) is 0.502. The zero-order valence-corrected chi connectivity index (χ0v) is 14.8. The van der Waals surface area contributed by atoms with Gasteiger partial charge in [0.05, 0.1) is 0 Å². The highest BCUT2D eigenvalue weighted by atomic mass is 14.3. The molecule has 0 rings (SSSR count). The molecule has 0 heteroatoms. The predicted molar refractivity (Wildman–Crippen MR) is 94.1 cm³/mol. The van der Waals surface area contributed by atoms with Gasteiger partial charge in [0.1, 0.15) is 0 Å². The molecule has 0 aromatic carbocycles. The zero-order chi connectivity index (χ0) is 15.3. The molecule has 0 N–H and O–H groups in total. The number of rotatable bonds is 12. The van der Waals surface area contributed by atoms with Crippen molar-refractivity contribution in [2.75, 3.05) is 0 Å². The quantitative estimate of drug-likeness (QED) is 0.259. The lowest BCUT2D eigenvalue weighted by atomic mass is 9.77. The molecule has 0 aliphatic heterocycles. The maximum absolute atomic E-state index is 2.40. The second-order valence-corrected chi connectivity index (χ2v) is 7.09. The van der Waals surface area contributed by atoms with E-state index in [1.165, 1.54) is 57.8 Å². The first-order valence-electron chi connectivity index (χ1n) is 8.82. The zero-order valence-electron chi connectivity index (χ0n) is 14.8. The molecule has 0 aromatic rings. The van der Waals surface area contributed by atoms with E-state index in [2.05, 4.69) is 58.9 Å². The third-order valence-electron chi connectivity index (χ3n) is 4.61. The van der Waals surface area contributed by atoms with Crippen molar-refractivity contribution in [2.45, 2.75) is 92.4 Å². The third-order valence-corrected chi connectivity index (χ3v) is 4.61. The van der Waals surface area contributed by atoms with Crippen LogP contribution in [0.25, 0.3) is 0 Å². The minimum Gasteiger partial charge on any atom is -0.0845 e. The van der Waals surface area contributed by atoms with Gasteiger partial charge in [-0.1, -0.05) is 84.6 Å². The van der Waals surface area contributed by atoms with E-state index in [9.17, 15) is 0 Å². The average molecular weight is 279 g/mol. The highest BCUT2D eigenvalue weighted by Crippen LogP contribution is 2.31. The Morgan fingerprint density at radius 2 is 1.35 bits per heavy atom. The average Bonchev–Trinajstić information content (AvgIpc) is 2.39. The van der Waals surface area contributed by atoms with Crippen LogP contribution in [-0.4, -0.2) is 0 Å². The van der Waals surface area contributed by atoms with Crippen molar-refractivity contribution in [2.24, 2.45) is 11.3 Å². The number of hydrogen-bond acceptors (Lipinski definition) is 0. The molecule has 0 heterocycles. The van der Waals surface area contributed by atoms with Gasteiger partial charge in [0.25, 0.3) is 0 Å². The lowest BCUT2D eigenvalue weighted by Crippen LogP contribution is -2.18. The molecule has 0 aliphatic carbocycles. The Balaban J connectivity index is 3.46. The van der Waals surface area contributed by atoms with Crippen LogP contribution in [-0.2, 0) is 0 Å². The fourth-order valence-corrected chi connectivity index (χ4v) is 2.17. The smallest absolute Gasteiger partial charge is 0.0331 e. The van der Waals surface area contributed by atoms with Crippen molar-refractivity contribution in [1.82, 2.24) is 0 Å². The molecule has 0 radical (unpaired) electrons. The summed E-state index contributed by atoms with van der Waals surface area (Å²) in [4.78, 5) is 0. The minimum absolute atomic E-state index is 0.502. The fourth-order valence-electron chi connectivity index (χ4n) is 2.17. The first kappa shape index (κ1) is 19.5. The summed E-state index contributed by atoms with van der Waals surface area (Å²) in [7, 11) is 0. The maximum Gasteiger partial charge on any atom is -0.0331 e. The highest BCUT2D eigenvalue weighted by Gasteiger charge is 2.20. The standard InChI is InChI=1S/C20H38/c1-6-7-8-9-10-11-12-13-14-15-16-17-18-20(4,5)19(2)3/h11-14,19H,6-10,15-18H2,1-5H3. The summed E-state index contributed by atoms with van der Waals surface area (Å²) in [6.45, 7) is 11.7. The van der Waals surface area contributed by atoms with Crippen LogP contribution in [0.5, 0.6) is 0 Å². The summed E-state index contributed by atoms with van der Waals surface area (Å²) in [6.07, 6.45) is 21.1. The molecule has 0 bridgehead atoms. The van der Waals surface area contributed by atoms with E-state index >= 15 is 0 Å². The summed E-state index contributed by atoms with van der Waals surface area (Å²) in [5.74, 6) is 0.786. The Labute approximate surface area is 128 Å². The molecule has 118 valence electrons. The fraction of sp³-hybridized carbons (Fsp3) is 0.800. The molecule has 0 unspecified atom stereocenters. The summed E-state index contributed by atoms with van der Waals surface area (Å²) >= 11 is 0. The van der Waals surface area contributed by atoms with Gasteiger partial charge < -0.3 is 0 Å². The van der Waals surface area contributed by atoms with Crippen molar-refractivity contribution < 1.29 is 0 Å². The summed E-state index contributed by atoms with van der Waals surface area (Å²) in [5, 5.41) is 0. The van der Waals surface area contributed by atoms with Crippen molar-refractivity contribution in [3.05, 3.63) is 24.3 Å². The van der Waals surface area contributed by atoms with Crippen LogP contribution in [0.1, 0.15) is 92.4 Å². The molecule has 0 aromatic heterocycles. The number of allylic oxidation sites excluding steroid dienone is 4. The minimum atomic E-state index is 0.502. The SMILES string of the molecule is CCCCCCC=CC=CCCCCC(C)(C)C(C)C. The van der Waals surface area contributed by atoms with Gasteiger partial charge >= 0.3 is 0 Å². The second kappa shape index (κ2) is 12.2. The van der Waals surface area contributed by atoms with Gasteiger partial charge in [-0.2, -0.15) is 0 Å². The molecule has 0 nitrogen and oxygen atoms in total. The lowest BCUT2D eigenvalue weighted by Gasteiger charge is -2.29. The molecule has 0 saturated carbocycles. The Hall–Kier alpha value is -0.520. The predicted octanol–water partition coefficient (Wildman–Crippen LogP) is 7.31. The first-order chi connectivity index (χ1) is 9.50. The second-order valence-electron chi connectivity index (χ2n) is 7.09. The van der Waals surface area contributed by atoms with Gasteiger partial charge in [0.15, 0.2) is 0 Å². The van der Waals surface area contributed by atoms with Crippen LogP contribution in [0.4, 0.5) is 0 Å². The van der Waals surface area contributed by atoms with E-state index in [4.69, 9.17) is 0 Å². The number of hydrogen-bond donors (Lipinski definition) is 0. The molecular formula is C20H38. The lowest BCUT2D eigenvalue weighted by molar-refractivity contribution is 0.222. The maximum atomic E-state index is 2.40. The molecule has 0 spiro atoms. The Bertz CT molecular complexity index is 255. The summed E-state index contributed by atoms with van der Waals surface area (Å²) < 4.78 is 0. The van der Waals surface area contributed by atoms with Gasteiger partial charge in [0.2, 0.25) is 0 Å². The first-order valence-corrected chi connectivity index (χ1v) is 8.82. The van der Waals surface area contributed by atoms with Gasteiger partial charge in [0, 0.05) is 0 Å². The number of unbranched alkanes of at least 4 members (excludes halogenated alkanes) is 6. The van der Waals surface area contributed by atoms with Crippen LogP contribution in [0.15, 0.2) is 24.3 Å². The van der Waals surface area contributed by atoms with Crippen molar-refractivity contribution in [3.8, 4) is 0 Å². The van der Waals surface area contributed by atoms with Gasteiger partial charge in [-0.05, 0) is 43.4 Å². The van der Waals surface area contributed by atoms with Crippen LogP contribution in [0, 0.1) is 11.3 Å². The van der Waals surface area contributed by atoms with Crippen LogP contribution >= 0.6 is 0 Å². The largest absolute Gasteiger partial charge is 0.0845 e. The molecule has 0 atom stereocenters. The van der Waals surface area contributed by atoms with E-state index in [1.54, 1.807) is 0 Å². The molecule has 0 saturated heterocycles. The summed E-state index contributed by atoms with van der Waals surface area (Å²) in [6, 6.07) is 0. The van der Waals surface area contributed by atoms with E-state index in [-0.39, 0.29) is 0 Å². The van der Waals surface area contributed by atoms with Gasteiger partial charge in [-0.15, -0.1) is 0 Å².